The highest BCUT2D eigenvalue weighted by Crippen LogP contribution is 2.19. The lowest BCUT2D eigenvalue weighted by molar-refractivity contribution is 0.155. The molecule has 0 radical (unpaired) electrons. The number of aliphatic hydroxyl groups excluding tert-OH is 1. The standard InChI is InChI=1S/C15H21N3O2/c1-3-15(4-2,10-19)18-14(20)17-12-5-6-13-11(9-12)7-8-16-13/h5-9,16,19H,3-4,10H2,1-2H3,(H2,17,18,20). The molecule has 1 aromatic carbocycles. The fourth-order valence-corrected chi connectivity index (χ4v) is 2.22. The number of aromatic amines is 1. The summed E-state index contributed by atoms with van der Waals surface area (Å²) in [6.07, 6.45) is 3.23. The van der Waals surface area contributed by atoms with Crippen LogP contribution in [0.2, 0.25) is 0 Å². The molecule has 0 saturated carbocycles. The molecule has 0 atom stereocenters. The molecule has 0 saturated heterocycles. The third-order valence-electron chi connectivity index (χ3n) is 3.85. The number of H-pyrrole nitrogens is 1. The summed E-state index contributed by atoms with van der Waals surface area (Å²) in [5.74, 6) is 0. The van der Waals surface area contributed by atoms with Gasteiger partial charge in [-0.3, -0.25) is 0 Å². The van der Waals surface area contributed by atoms with E-state index in [1.165, 1.54) is 0 Å². The average molecular weight is 275 g/mol. The molecule has 0 aliphatic carbocycles. The Hall–Kier alpha value is -2.01. The van der Waals surface area contributed by atoms with Gasteiger partial charge < -0.3 is 20.7 Å². The lowest BCUT2D eigenvalue weighted by atomic mass is 9.94. The van der Waals surface area contributed by atoms with Crippen LogP contribution >= 0.6 is 0 Å². The van der Waals surface area contributed by atoms with E-state index in [0.717, 1.165) is 16.6 Å². The predicted octanol–water partition coefficient (Wildman–Crippen LogP) is 2.84. The quantitative estimate of drug-likeness (QED) is 0.677. The van der Waals surface area contributed by atoms with Crippen molar-refractivity contribution in [2.75, 3.05) is 11.9 Å². The largest absolute Gasteiger partial charge is 0.394 e. The molecule has 0 aliphatic heterocycles. The molecule has 5 heteroatoms. The number of aromatic nitrogens is 1. The SMILES string of the molecule is CCC(CC)(CO)NC(=O)Nc1ccc2[nH]ccc2c1. The summed E-state index contributed by atoms with van der Waals surface area (Å²) in [7, 11) is 0. The molecule has 2 aromatic rings. The first-order chi connectivity index (χ1) is 9.62. The van der Waals surface area contributed by atoms with Crippen LogP contribution in [0.1, 0.15) is 26.7 Å². The van der Waals surface area contributed by atoms with E-state index >= 15 is 0 Å². The summed E-state index contributed by atoms with van der Waals surface area (Å²) in [6.45, 7) is 3.84. The van der Waals surface area contributed by atoms with Crippen molar-refractivity contribution in [2.24, 2.45) is 0 Å². The summed E-state index contributed by atoms with van der Waals surface area (Å²) < 4.78 is 0. The van der Waals surface area contributed by atoms with E-state index in [1.807, 2.05) is 44.3 Å². The van der Waals surface area contributed by atoms with Gasteiger partial charge in [0.25, 0.3) is 0 Å². The van der Waals surface area contributed by atoms with Crippen molar-refractivity contribution in [1.82, 2.24) is 10.3 Å². The molecule has 2 rings (SSSR count). The molecule has 1 heterocycles. The van der Waals surface area contributed by atoms with E-state index in [0.29, 0.717) is 12.8 Å². The van der Waals surface area contributed by atoms with Gasteiger partial charge >= 0.3 is 6.03 Å². The number of carbonyl (C=O) groups excluding carboxylic acids is 1. The van der Waals surface area contributed by atoms with Crippen molar-refractivity contribution in [1.29, 1.82) is 0 Å². The normalized spacial score (nSPS) is 11.6. The Kier molecular flexibility index (Phi) is 4.29. The van der Waals surface area contributed by atoms with Gasteiger partial charge in [-0.15, -0.1) is 0 Å². The molecule has 0 aliphatic rings. The van der Waals surface area contributed by atoms with Crippen molar-refractivity contribution < 1.29 is 9.90 Å². The first-order valence-electron chi connectivity index (χ1n) is 6.89. The highest BCUT2D eigenvalue weighted by Gasteiger charge is 2.27. The molecule has 20 heavy (non-hydrogen) atoms. The monoisotopic (exact) mass is 275 g/mol. The van der Waals surface area contributed by atoms with E-state index in [4.69, 9.17) is 0 Å². The number of fused-ring (bicyclic) bond motifs is 1. The average Bonchev–Trinajstić information content (AvgIpc) is 2.92. The Morgan fingerprint density at radius 1 is 1.30 bits per heavy atom. The topological polar surface area (TPSA) is 77.2 Å². The molecule has 0 unspecified atom stereocenters. The second-order valence-electron chi connectivity index (χ2n) is 5.00. The van der Waals surface area contributed by atoms with Crippen molar-refractivity contribution >= 4 is 22.6 Å². The Morgan fingerprint density at radius 2 is 2.05 bits per heavy atom. The zero-order chi connectivity index (χ0) is 14.6. The van der Waals surface area contributed by atoms with Crippen molar-refractivity contribution in [2.45, 2.75) is 32.2 Å². The maximum Gasteiger partial charge on any atom is 0.319 e. The number of hydrogen-bond donors (Lipinski definition) is 4. The van der Waals surface area contributed by atoms with Gasteiger partial charge in [-0.2, -0.15) is 0 Å². The summed E-state index contributed by atoms with van der Waals surface area (Å²) in [4.78, 5) is 15.1. The zero-order valence-corrected chi connectivity index (χ0v) is 11.9. The Morgan fingerprint density at radius 3 is 2.70 bits per heavy atom. The molecule has 4 N–H and O–H groups in total. The van der Waals surface area contributed by atoms with Gasteiger partial charge in [0.05, 0.1) is 12.1 Å². The van der Waals surface area contributed by atoms with Gasteiger partial charge in [0.2, 0.25) is 0 Å². The van der Waals surface area contributed by atoms with E-state index in [1.54, 1.807) is 0 Å². The van der Waals surface area contributed by atoms with E-state index in [9.17, 15) is 9.90 Å². The highest BCUT2D eigenvalue weighted by atomic mass is 16.3. The number of nitrogens with one attached hydrogen (secondary N) is 3. The highest BCUT2D eigenvalue weighted by molar-refractivity contribution is 5.93. The van der Waals surface area contributed by atoms with E-state index in [-0.39, 0.29) is 12.6 Å². The number of hydrogen-bond acceptors (Lipinski definition) is 2. The maximum absolute atomic E-state index is 12.0. The molecular weight excluding hydrogens is 254 g/mol. The second kappa shape index (κ2) is 5.96. The smallest absolute Gasteiger partial charge is 0.319 e. The number of rotatable bonds is 5. The summed E-state index contributed by atoms with van der Waals surface area (Å²) in [6, 6.07) is 7.33. The molecule has 0 bridgehead atoms. The molecule has 0 spiro atoms. The Bertz CT molecular complexity index is 579. The number of urea groups is 1. The first kappa shape index (κ1) is 14.4. The Balaban J connectivity index is 2.07. The molecule has 1 aromatic heterocycles. The summed E-state index contributed by atoms with van der Waals surface area (Å²) in [5, 5.41) is 16.2. The number of anilines is 1. The van der Waals surface area contributed by atoms with Crippen LogP contribution in [-0.4, -0.2) is 28.3 Å². The van der Waals surface area contributed by atoms with Crippen LogP contribution in [0.25, 0.3) is 10.9 Å². The lowest BCUT2D eigenvalue weighted by Crippen LogP contribution is -2.51. The zero-order valence-electron chi connectivity index (χ0n) is 11.9. The van der Waals surface area contributed by atoms with Crippen LogP contribution < -0.4 is 10.6 Å². The number of carbonyl (C=O) groups is 1. The van der Waals surface area contributed by atoms with Crippen LogP contribution in [0.5, 0.6) is 0 Å². The molecule has 0 fully saturated rings. The number of amides is 2. The van der Waals surface area contributed by atoms with Gasteiger partial charge in [-0.1, -0.05) is 13.8 Å². The van der Waals surface area contributed by atoms with Gasteiger partial charge in [-0.05, 0) is 37.1 Å². The van der Waals surface area contributed by atoms with Gasteiger partial charge in [0, 0.05) is 22.8 Å². The van der Waals surface area contributed by atoms with Crippen LogP contribution in [0, 0.1) is 0 Å². The fourth-order valence-electron chi connectivity index (χ4n) is 2.22. The summed E-state index contributed by atoms with van der Waals surface area (Å²) >= 11 is 0. The van der Waals surface area contributed by atoms with E-state index < -0.39 is 5.54 Å². The van der Waals surface area contributed by atoms with Gasteiger partial charge in [0.15, 0.2) is 0 Å². The number of benzene rings is 1. The van der Waals surface area contributed by atoms with Gasteiger partial charge in [-0.25, -0.2) is 4.79 Å². The molecule has 2 amide bonds. The van der Waals surface area contributed by atoms with Crippen LogP contribution in [0.4, 0.5) is 10.5 Å². The Labute approximate surface area is 118 Å². The first-order valence-corrected chi connectivity index (χ1v) is 6.89. The minimum atomic E-state index is -0.553. The second-order valence-corrected chi connectivity index (χ2v) is 5.00. The maximum atomic E-state index is 12.0. The molecular formula is C15H21N3O2. The molecule has 5 nitrogen and oxygen atoms in total. The molecule has 108 valence electrons. The van der Waals surface area contributed by atoms with Crippen molar-refractivity contribution in [3.63, 3.8) is 0 Å². The predicted molar refractivity (Wildman–Crippen MR) is 80.9 cm³/mol. The van der Waals surface area contributed by atoms with Crippen LogP contribution in [0.15, 0.2) is 30.5 Å². The minimum absolute atomic E-state index is 0.0652. The van der Waals surface area contributed by atoms with Crippen molar-refractivity contribution in [3.05, 3.63) is 30.5 Å². The lowest BCUT2D eigenvalue weighted by Gasteiger charge is -2.30. The third kappa shape index (κ3) is 2.93. The van der Waals surface area contributed by atoms with Crippen LogP contribution in [0.3, 0.4) is 0 Å². The third-order valence-corrected chi connectivity index (χ3v) is 3.85. The fraction of sp³-hybridized carbons (Fsp3) is 0.400. The van der Waals surface area contributed by atoms with Crippen LogP contribution in [-0.2, 0) is 0 Å². The minimum Gasteiger partial charge on any atom is -0.394 e. The summed E-state index contributed by atoms with van der Waals surface area (Å²) in [5.41, 5.74) is 1.21. The van der Waals surface area contributed by atoms with E-state index in [2.05, 4.69) is 15.6 Å². The van der Waals surface area contributed by atoms with Crippen molar-refractivity contribution in [3.8, 4) is 0 Å². The van der Waals surface area contributed by atoms with Gasteiger partial charge in [0.1, 0.15) is 0 Å². The number of aliphatic hydroxyl groups is 1.